The number of rotatable bonds is 3. The molecule has 0 aliphatic rings. The molecule has 0 unspecified atom stereocenters. The summed E-state index contributed by atoms with van der Waals surface area (Å²) in [6.45, 7) is 2.48. The van der Waals surface area contributed by atoms with Gasteiger partial charge < -0.3 is 10.3 Å². The fourth-order valence-electron chi connectivity index (χ4n) is 1.93. The molecule has 0 spiro atoms. The van der Waals surface area contributed by atoms with E-state index in [1.54, 1.807) is 6.20 Å². The summed E-state index contributed by atoms with van der Waals surface area (Å²) in [6, 6.07) is 11.6. The SMILES string of the molecule is Cc1ccccc1-c1noc(-c2ccc(CN)cn2)n1. The summed E-state index contributed by atoms with van der Waals surface area (Å²) in [5.41, 5.74) is 9.22. The summed E-state index contributed by atoms with van der Waals surface area (Å²) in [4.78, 5) is 8.67. The van der Waals surface area contributed by atoms with Crippen molar-refractivity contribution in [3.8, 4) is 23.0 Å². The molecule has 2 heterocycles. The summed E-state index contributed by atoms with van der Waals surface area (Å²) >= 11 is 0. The number of hydrogen-bond donors (Lipinski definition) is 1. The van der Waals surface area contributed by atoms with Gasteiger partial charge in [-0.2, -0.15) is 4.98 Å². The first-order chi connectivity index (χ1) is 9.78. The summed E-state index contributed by atoms with van der Waals surface area (Å²) in [5, 5.41) is 4.02. The van der Waals surface area contributed by atoms with E-state index in [1.807, 2.05) is 43.3 Å². The van der Waals surface area contributed by atoms with E-state index in [2.05, 4.69) is 15.1 Å². The Kier molecular flexibility index (Phi) is 3.26. The molecule has 0 aliphatic heterocycles. The molecule has 0 fully saturated rings. The highest BCUT2D eigenvalue weighted by Crippen LogP contribution is 2.23. The van der Waals surface area contributed by atoms with Gasteiger partial charge in [-0.1, -0.05) is 35.5 Å². The molecule has 100 valence electrons. The van der Waals surface area contributed by atoms with Crippen LogP contribution in [-0.4, -0.2) is 15.1 Å². The molecule has 1 aromatic carbocycles. The van der Waals surface area contributed by atoms with Gasteiger partial charge in [0.05, 0.1) is 0 Å². The summed E-state index contributed by atoms with van der Waals surface area (Å²) < 4.78 is 5.28. The lowest BCUT2D eigenvalue weighted by atomic mass is 10.1. The highest BCUT2D eigenvalue weighted by molar-refractivity contribution is 5.61. The number of hydrogen-bond acceptors (Lipinski definition) is 5. The van der Waals surface area contributed by atoms with Crippen LogP contribution in [0.15, 0.2) is 47.1 Å². The van der Waals surface area contributed by atoms with Crippen LogP contribution in [0.25, 0.3) is 23.0 Å². The third-order valence-corrected chi connectivity index (χ3v) is 3.09. The van der Waals surface area contributed by atoms with Crippen LogP contribution in [0.2, 0.25) is 0 Å². The Morgan fingerprint density at radius 3 is 2.70 bits per heavy atom. The molecule has 2 aromatic heterocycles. The van der Waals surface area contributed by atoms with Crippen molar-refractivity contribution in [2.45, 2.75) is 13.5 Å². The van der Waals surface area contributed by atoms with Gasteiger partial charge in [0, 0.05) is 18.3 Å². The maximum Gasteiger partial charge on any atom is 0.276 e. The van der Waals surface area contributed by atoms with E-state index in [4.69, 9.17) is 10.3 Å². The third kappa shape index (κ3) is 2.31. The first-order valence-electron chi connectivity index (χ1n) is 6.33. The Morgan fingerprint density at radius 2 is 2.00 bits per heavy atom. The van der Waals surface area contributed by atoms with Crippen molar-refractivity contribution in [2.75, 3.05) is 0 Å². The van der Waals surface area contributed by atoms with Crippen LogP contribution in [0, 0.1) is 6.92 Å². The molecule has 2 N–H and O–H groups in total. The van der Waals surface area contributed by atoms with Gasteiger partial charge in [0.1, 0.15) is 5.69 Å². The zero-order chi connectivity index (χ0) is 13.9. The predicted molar refractivity (Wildman–Crippen MR) is 75.6 cm³/mol. The Labute approximate surface area is 116 Å². The second-order valence-electron chi connectivity index (χ2n) is 4.49. The first kappa shape index (κ1) is 12.5. The van der Waals surface area contributed by atoms with Crippen molar-refractivity contribution in [1.82, 2.24) is 15.1 Å². The normalized spacial score (nSPS) is 10.7. The van der Waals surface area contributed by atoms with Crippen LogP contribution in [0.3, 0.4) is 0 Å². The minimum absolute atomic E-state index is 0.409. The van der Waals surface area contributed by atoms with Gasteiger partial charge in [-0.05, 0) is 24.1 Å². The number of pyridine rings is 1. The van der Waals surface area contributed by atoms with Crippen LogP contribution in [0.5, 0.6) is 0 Å². The van der Waals surface area contributed by atoms with E-state index in [0.717, 1.165) is 16.7 Å². The molecular weight excluding hydrogens is 252 g/mol. The highest BCUT2D eigenvalue weighted by atomic mass is 16.5. The van der Waals surface area contributed by atoms with Crippen molar-refractivity contribution in [3.05, 3.63) is 53.7 Å². The fraction of sp³-hybridized carbons (Fsp3) is 0.133. The maximum atomic E-state index is 5.54. The van der Waals surface area contributed by atoms with Crippen molar-refractivity contribution in [2.24, 2.45) is 5.73 Å². The first-order valence-corrected chi connectivity index (χ1v) is 6.33. The minimum Gasteiger partial charge on any atom is -0.332 e. The van der Waals surface area contributed by atoms with Gasteiger partial charge in [0.2, 0.25) is 5.82 Å². The van der Waals surface area contributed by atoms with E-state index in [0.29, 0.717) is 24.0 Å². The summed E-state index contributed by atoms with van der Waals surface area (Å²) in [6.07, 6.45) is 1.72. The zero-order valence-corrected chi connectivity index (χ0v) is 11.1. The molecule has 0 bridgehead atoms. The van der Waals surface area contributed by atoms with Crippen LogP contribution in [0.4, 0.5) is 0 Å². The molecule has 0 aliphatic carbocycles. The van der Waals surface area contributed by atoms with E-state index >= 15 is 0 Å². The second-order valence-corrected chi connectivity index (χ2v) is 4.49. The number of nitrogens with two attached hydrogens (primary N) is 1. The Hall–Kier alpha value is -2.53. The molecule has 0 radical (unpaired) electrons. The maximum absolute atomic E-state index is 5.54. The average Bonchev–Trinajstić information content (AvgIpc) is 2.97. The van der Waals surface area contributed by atoms with Gasteiger partial charge in [-0.25, -0.2) is 0 Å². The van der Waals surface area contributed by atoms with Crippen LogP contribution in [-0.2, 0) is 6.54 Å². The molecule has 0 atom stereocenters. The molecule has 0 saturated carbocycles. The monoisotopic (exact) mass is 266 g/mol. The minimum atomic E-state index is 0.409. The lowest BCUT2D eigenvalue weighted by Gasteiger charge is -1.98. The Morgan fingerprint density at radius 1 is 1.15 bits per heavy atom. The van der Waals surface area contributed by atoms with Crippen LogP contribution >= 0.6 is 0 Å². The van der Waals surface area contributed by atoms with Crippen LogP contribution in [0.1, 0.15) is 11.1 Å². The van der Waals surface area contributed by atoms with Gasteiger partial charge >= 0.3 is 0 Å². The third-order valence-electron chi connectivity index (χ3n) is 3.09. The molecule has 0 amide bonds. The molecular formula is C15H14N4O. The largest absolute Gasteiger partial charge is 0.332 e. The van der Waals surface area contributed by atoms with Gasteiger partial charge in [0.15, 0.2) is 0 Å². The van der Waals surface area contributed by atoms with Gasteiger partial charge in [0.25, 0.3) is 5.89 Å². The van der Waals surface area contributed by atoms with Crippen molar-refractivity contribution in [1.29, 1.82) is 0 Å². The van der Waals surface area contributed by atoms with Crippen LogP contribution < -0.4 is 5.73 Å². The van der Waals surface area contributed by atoms with Crippen molar-refractivity contribution < 1.29 is 4.52 Å². The van der Waals surface area contributed by atoms with Gasteiger partial charge in [-0.15, -0.1) is 0 Å². The van der Waals surface area contributed by atoms with E-state index < -0.39 is 0 Å². The molecule has 5 heteroatoms. The molecule has 3 rings (SSSR count). The second kappa shape index (κ2) is 5.22. The smallest absolute Gasteiger partial charge is 0.276 e. The molecule has 3 aromatic rings. The fourth-order valence-corrected chi connectivity index (χ4v) is 1.93. The van der Waals surface area contributed by atoms with Crippen molar-refractivity contribution in [3.63, 3.8) is 0 Å². The van der Waals surface area contributed by atoms with E-state index in [-0.39, 0.29) is 0 Å². The predicted octanol–water partition coefficient (Wildman–Crippen LogP) is 2.57. The topological polar surface area (TPSA) is 77.8 Å². The summed E-state index contributed by atoms with van der Waals surface area (Å²) in [5.74, 6) is 0.981. The standard InChI is InChI=1S/C15H14N4O/c1-10-4-2-3-5-12(10)14-18-15(20-19-14)13-7-6-11(8-16)9-17-13/h2-7,9H,8,16H2,1H3. The Balaban J connectivity index is 1.95. The number of aryl methyl sites for hydroxylation is 1. The molecule has 0 saturated heterocycles. The van der Waals surface area contributed by atoms with E-state index in [9.17, 15) is 0 Å². The number of nitrogens with zero attached hydrogens (tertiary/aromatic N) is 3. The Bertz CT molecular complexity index is 719. The quantitative estimate of drug-likeness (QED) is 0.788. The molecule has 20 heavy (non-hydrogen) atoms. The molecule has 5 nitrogen and oxygen atoms in total. The average molecular weight is 266 g/mol. The van der Waals surface area contributed by atoms with Crippen molar-refractivity contribution >= 4 is 0 Å². The lowest BCUT2D eigenvalue weighted by molar-refractivity contribution is 0.431. The number of aromatic nitrogens is 3. The lowest BCUT2D eigenvalue weighted by Crippen LogP contribution is -1.96. The number of benzene rings is 1. The van der Waals surface area contributed by atoms with Gasteiger partial charge in [-0.3, -0.25) is 4.98 Å². The highest BCUT2D eigenvalue weighted by Gasteiger charge is 2.12. The van der Waals surface area contributed by atoms with E-state index in [1.165, 1.54) is 0 Å². The summed E-state index contributed by atoms with van der Waals surface area (Å²) in [7, 11) is 0. The zero-order valence-electron chi connectivity index (χ0n) is 11.1.